The molecule has 1 saturated heterocycles. The van der Waals surface area contributed by atoms with Gasteiger partial charge >= 0.3 is 11.1 Å². The lowest BCUT2D eigenvalue weighted by Crippen LogP contribution is -2.51. The molecule has 126 valence electrons. The first-order chi connectivity index (χ1) is 11.5. The van der Waals surface area contributed by atoms with Gasteiger partial charge in [-0.1, -0.05) is 29.8 Å². The second-order valence-corrected chi connectivity index (χ2v) is 6.78. The van der Waals surface area contributed by atoms with Crippen molar-refractivity contribution in [2.24, 2.45) is 0 Å². The van der Waals surface area contributed by atoms with Crippen molar-refractivity contribution in [1.82, 2.24) is 19.7 Å². The number of rotatable bonds is 2. The van der Waals surface area contributed by atoms with Gasteiger partial charge in [-0.2, -0.15) is 5.10 Å². The summed E-state index contributed by atoms with van der Waals surface area (Å²) in [6, 6.07) is 8.48. The van der Waals surface area contributed by atoms with E-state index in [-0.39, 0.29) is 6.61 Å². The number of hydrogen-bond acceptors (Lipinski definition) is 5. The molecule has 3 heterocycles. The van der Waals surface area contributed by atoms with E-state index in [4.69, 9.17) is 4.74 Å². The van der Waals surface area contributed by atoms with Crippen LogP contribution in [0.25, 0.3) is 0 Å². The van der Waals surface area contributed by atoms with Crippen LogP contribution in [0.2, 0.25) is 0 Å². The molecule has 4 rings (SSSR count). The van der Waals surface area contributed by atoms with Crippen molar-refractivity contribution in [3.63, 3.8) is 0 Å². The van der Waals surface area contributed by atoms with Gasteiger partial charge in [0.1, 0.15) is 12.2 Å². The Hall–Kier alpha value is -2.25. The molecular weight excluding hydrogens is 308 g/mol. The smallest absolute Gasteiger partial charge is 0.330 e. The Morgan fingerprint density at radius 1 is 1.33 bits per heavy atom. The maximum absolute atomic E-state index is 12.1. The number of likely N-dealkylation sites (tertiary alicyclic amines) is 1. The third-order valence-corrected chi connectivity index (χ3v) is 4.88. The summed E-state index contributed by atoms with van der Waals surface area (Å²) in [4.78, 5) is 25.9. The van der Waals surface area contributed by atoms with Crippen LogP contribution in [0.1, 0.15) is 23.4 Å². The monoisotopic (exact) mass is 328 g/mol. The number of aromatic nitrogens is 3. The van der Waals surface area contributed by atoms with Crippen LogP contribution in [0.15, 0.2) is 33.9 Å². The Bertz CT molecular complexity index is 888. The lowest BCUT2D eigenvalue weighted by atomic mass is 10.0. The van der Waals surface area contributed by atoms with Crippen molar-refractivity contribution in [2.75, 3.05) is 13.1 Å². The average molecular weight is 328 g/mol. The number of nitrogens with one attached hydrogen (secondary N) is 1. The third kappa shape index (κ3) is 2.70. The normalized spacial score (nSPS) is 23.5. The van der Waals surface area contributed by atoms with Crippen molar-refractivity contribution >= 4 is 0 Å². The van der Waals surface area contributed by atoms with Gasteiger partial charge in [-0.25, -0.2) is 5.10 Å². The Labute approximate surface area is 138 Å². The predicted molar refractivity (Wildman–Crippen MR) is 87.7 cm³/mol. The van der Waals surface area contributed by atoms with Crippen LogP contribution in [-0.4, -0.2) is 38.4 Å². The first-order valence-electron chi connectivity index (χ1n) is 8.15. The fraction of sp³-hybridized carbons (Fsp3) is 0.471. The maximum Gasteiger partial charge on any atom is 0.330 e. The van der Waals surface area contributed by atoms with Gasteiger partial charge in [0, 0.05) is 19.6 Å². The number of aromatic amines is 1. The van der Waals surface area contributed by atoms with E-state index in [1.807, 2.05) is 0 Å². The topological polar surface area (TPSA) is 80.2 Å². The number of hydrogen-bond donors (Lipinski definition) is 1. The van der Waals surface area contributed by atoms with Crippen molar-refractivity contribution in [3.05, 3.63) is 61.9 Å². The highest BCUT2D eigenvalue weighted by Crippen LogP contribution is 2.31. The number of aryl methyl sites for hydroxylation is 1. The summed E-state index contributed by atoms with van der Waals surface area (Å²) in [5, 5.41) is 6.14. The van der Waals surface area contributed by atoms with E-state index >= 15 is 0 Å². The van der Waals surface area contributed by atoms with Crippen LogP contribution in [-0.2, 0) is 24.4 Å². The first kappa shape index (κ1) is 15.3. The molecule has 2 aliphatic rings. The van der Waals surface area contributed by atoms with Crippen LogP contribution >= 0.6 is 0 Å². The van der Waals surface area contributed by atoms with Crippen molar-refractivity contribution in [3.8, 4) is 0 Å². The van der Waals surface area contributed by atoms with Gasteiger partial charge in [0.15, 0.2) is 5.82 Å². The zero-order valence-electron chi connectivity index (χ0n) is 13.6. The fourth-order valence-corrected chi connectivity index (χ4v) is 3.67. The minimum atomic E-state index is -0.676. The summed E-state index contributed by atoms with van der Waals surface area (Å²) < 4.78 is 7.52. The molecular formula is C17H20N4O3. The summed E-state index contributed by atoms with van der Waals surface area (Å²) in [7, 11) is 0. The molecule has 1 aromatic heterocycles. The number of nitrogens with zero attached hydrogens (tertiary/aromatic N) is 3. The van der Waals surface area contributed by atoms with Crippen LogP contribution in [0.3, 0.4) is 0 Å². The molecule has 0 radical (unpaired) electrons. The fourth-order valence-electron chi connectivity index (χ4n) is 3.67. The highest BCUT2D eigenvalue weighted by molar-refractivity contribution is 5.22. The molecule has 1 atom stereocenters. The molecule has 1 spiro atoms. The van der Waals surface area contributed by atoms with Gasteiger partial charge in [0.05, 0.1) is 6.54 Å². The molecule has 0 amide bonds. The number of H-pyrrole nitrogens is 1. The van der Waals surface area contributed by atoms with E-state index in [0.29, 0.717) is 12.4 Å². The van der Waals surface area contributed by atoms with Gasteiger partial charge < -0.3 is 4.74 Å². The molecule has 0 aliphatic carbocycles. The van der Waals surface area contributed by atoms with E-state index < -0.39 is 16.7 Å². The van der Waals surface area contributed by atoms with Gasteiger partial charge in [-0.05, 0) is 18.9 Å². The summed E-state index contributed by atoms with van der Waals surface area (Å²) in [5.41, 5.74) is 0.903. The molecule has 1 fully saturated rings. The molecule has 1 N–H and O–H groups in total. The van der Waals surface area contributed by atoms with Crippen LogP contribution in [0.4, 0.5) is 0 Å². The molecule has 0 saturated carbocycles. The lowest BCUT2D eigenvalue weighted by molar-refractivity contribution is -0.0853. The second-order valence-electron chi connectivity index (χ2n) is 6.78. The van der Waals surface area contributed by atoms with E-state index in [1.54, 1.807) is 0 Å². The van der Waals surface area contributed by atoms with Crippen LogP contribution < -0.4 is 11.1 Å². The van der Waals surface area contributed by atoms with Gasteiger partial charge in [-0.15, -0.1) is 0 Å². The van der Waals surface area contributed by atoms with Gasteiger partial charge in [0.2, 0.25) is 0 Å². The zero-order chi connectivity index (χ0) is 16.7. The van der Waals surface area contributed by atoms with Crippen molar-refractivity contribution < 1.29 is 4.74 Å². The number of fused-ring (bicyclic) bond motifs is 1. The quantitative estimate of drug-likeness (QED) is 0.808. The highest BCUT2D eigenvalue weighted by atomic mass is 16.5. The Balaban J connectivity index is 1.53. The van der Waals surface area contributed by atoms with Gasteiger partial charge in [0.25, 0.3) is 0 Å². The first-order valence-corrected chi connectivity index (χ1v) is 8.15. The molecule has 7 nitrogen and oxygen atoms in total. The molecule has 7 heteroatoms. The minimum Gasteiger partial charge on any atom is -0.364 e. The third-order valence-electron chi connectivity index (χ3n) is 4.88. The van der Waals surface area contributed by atoms with E-state index in [0.717, 1.165) is 26.1 Å². The molecule has 24 heavy (non-hydrogen) atoms. The van der Waals surface area contributed by atoms with Crippen molar-refractivity contribution in [1.29, 1.82) is 0 Å². The number of benzene rings is 1. The summed E-state index contributed by atoms with van der Waals surface area (Å²) in [5.74, 6) is 0.488. The summed E-state index contributed by atoms with van der Waals surface area (Å²) in [6.45, 7) is 5.26. The summed E-state index contributed by atoms with van der Waals surface area (Å²) >= 11 is 0. The molecule has 0 unspecified atom stereocenters. The van der Waals surface area contributed by atoms with Gasteiger partial charge in [-0.3, -0.25) is 19.1 Å². The van der Waals surface area contributed by atoms with Crippen LogP contribution in [0, 0.1) is 6.92 Å². The maximum atomic E-state index is 12.1. The largest absolute Gasteiger partial charge is 0.364 e. The lowest BCUT2D eigenvalue weighted by Gasteiger charge is -2.34. The summed E-state index contributed by atoms with van der Waals surface area (Å²) in [6.07, 6.45) is 0.845. The van der Waals surface area contributed by atoms with Crippen LogP contribution in [0.5, 0.6) is 0 Å². The zero-order valence-corrected chi connectivity index (χ0v) is 13.6. The Kier molecular flexibility index (Phi) is 3.62. The Morgan fingerprint density at radius 3 is 3.04 bits per heavy atom. The molecule has 0 bridgehead atoms. The highest BCUT2D eigenvalue weighted by Gasteiger charge is 2.42. The molecule has 1 aromatic carbocycles. The molecule has 2 aromatic rings. The standard InChI is InChI=1S/C17H20N4O3/c1-12-3-2-4-13(7-12)8-20-6-5-17(10-20)11-21-14(9-24-17)18-19-15(22)16(21)23/h2-4,7H,5-6,8-11H2,1H3,(H,19,22)/t17-/m1/s1. The van der Waals surface area contributed by atoms with Crippen molar-refractivity contribution in [2.45, 2.75) is 38.6 Å². The number of ether oxygens (including phenoxy) is 1. The van der Waals surface area contributed by atoms with E-state index in [2.05, 4.69) is 46.3 Å². The second kappa shape index (κ2) is 5.68. The molecule has 2 aliphatic heterocycles. The van der Waals surface area contributed by atoms with E-state index in [9.17, 15) is 9.59 Å². The minimum absolute atomic E-state index is 0.254. The predicted octanol–water partition coefficient (Wildman–Crippen LogP) is 0.415. The SMILES string of the molecule is Cc1cccc(CN2CC[C@@]3(C2)Cn2c(n[nH]c(=O)c2=O)CO3)c1. The Morgan fingerprint density at radius 2 is 2.21 bits per heavy atom. The van der Waals surface area contributed by atoms with E-state index in [1.165, 1.54) is 15.7 Å². The average Bonchev–Trinajstić information content (AvgIpc) is 2.94.